The molecule has 6 heteroatoms. The van der Waals surface area contributed by atoms with Crippen molar-refractivity contribution in [2.45, 2.75) is 24.6 Å². The van der Waals surface area contributed by atoms with Gasteiger partial charge in [0.15, 0.2) is 0 Å². The third-order valence-corrected chi connectivity index (χ3v) is 2.93. The summed E-state index contributed by atoms with van der Waals surface area (Å²) in [7, 11) is 0. The fraction of sp³-hybridized carbons (Fsp3) is 0.600. The minimum Gasteiger partial charge on any atom is -0.480 e. The summed E-state index contributed by atoms with van der Waals surface area (Å²) in [6.45, 7) is 5.92. The minimum atomic E-state index is -1.06. The second-order valence-electron chi connectivity index (χ2n) is 3.32. The molecular formula is C10H18N2O3S. The van der Waals surface area contributed by atoms with Crippen molar-refractivity contribution < 1.29 is 14.7 Å². The first-order valence-corrected chi connectivity index (χ1v) is 6.20. The molecule has 0 aliphatic carbocycles. The lowest BCUT2D eigenvalue weighted by atomic mass is 10.2. The Kier molecular flexibility index (Phi) is 7.45. The van der Waals surface area contributed by atoms with Crippen LogP contribution in [0.2, 0.25) is 0 Å². The van der Waals surface area contributed by atoms with Crippen molar-refractivity contribution in [3.05, 3.63) is 12.7 Å². The Labute approximate surface area is 99.7 Å². The number of hydrogen-bond donors (Lipinski definition) is 3. The van der Waals surface area contributed by atoms with Crippen molar-refractivity contribution in [1.82, 2.24) is 10.6 Å². The third kappa shape index (κ3) is 6.34. The van der Waals surface area contributed by atoms with E-state index in [1.165, 1.54) is 6.08 Å². The van der Waals surface area contributed by atoms with Crippen molar-refractivity contribution >= 4 is 23.8 Å². The number of carboxylic acid groups (broad SMARTS) is 1. The maximum Gasteiger partial charge on any atom is 0.326 e. The Morgan fingerprint density at radius 3 is 2.62 bits per heavy atom. The van der Waals surface area contributed by atoms with Crippen LogP contribution in [-0.2, 0) is 4.79 Å². The van der Waals surface area contributed by atoms with E-state index in [1.54, 1.807) is 11.8 Å². The number of hydrogen-bond acceptors (Lipinski definition) is 3. The first-order valence-electron chi connectivity index (χ1n) is 4.92. The van der Waals surface area contributed by atoms with Crippen molar-refractivity contribution in [3.8, 4) is 0 Å². The van der Waals surface area contributed by atoms with Gasteiger partial charge in [-0.25, -0.2) is 9.59 Å². The topological polar surface area (TPSA) is 78.4 Å². The highest BCUT2D eigenvalue weighted by Gasteiger charge is 2.17. The zero-order chi connectivity index (χ0) is 12.6. The molecule has 0 spiro atoms. The van der Waals surface area contributed by atoms with Gasteiger partial charge in [0, 0.05) is 11.8 Å². The summed E-state index contributed by atoms with van der Waals surface area (Å²) in [4.78, 5) is 22.0. The second-order valence-corrected chi connectivity index (χ2v) is 4.59. The van der Waals surface area contributed by atoms with E-state index in [2.05, 4.69) is 17.2 Å². The van der Waals surface area contributed by atoms with Crippen molar-refractivity contribution in [3.63, 3.8) is 0 Å². The monoisotopic (exact) mass is 246 g/mol. The van der Waals surface area contributed by atoms with Gasteiger partial charge in [0.2, 0.25) is 0 Å². The number of nitrogens with one attached hydrogen (secondary N) is 2. The molecule has 92 valence electrons. The summed E-state index contributed by atoms with van der Waals surface area (Å²) in [6.07, 6.45) is 3.62. The summed E-state index contributed by atoms with van der Waals surface area (Å²) in [5.41, 5.74) is 0. The van der Waals surface area contributed by atoms with Crippen LogP contribution in [0.1, 0.15) is 13.3 Å². The molecule has 0 aromatic rings. The number of carboxylic acids is 1. The molecule has 0 aliphatic heterocycles. The summed E-state index contributed by atoms with van der Waals surface area (Å²) in [5, 5.41) is 14.1. The molecule has 0 saturated carbocycles. The van der Waals surface area contributed by atoms with Gasteiger partial charge in [0.1, 0.15) is 6.04 Å². The van der Waals surface area contributed by atoms with Gasteiger partial charge in [-0.1, -0.05) is 13.0 Å². The van der Waals surface area contributed by atoms with E-state index in [0.717, 1.165) is 0 Å². The molecule has 0 aliphatic rings. The summed E-state index contributed by atoms with van der Waals surface area (Å²) in [5.74, 6) is -1.06. The van der Waals surface area contributed by atoms with Gasteiger partial charge in [-0.2, -0.15) is 11.8 Å². The fourth-order valence-corrected chi connectivity index (χ4v) is 1.17. The SMILES string of the molecule is C=CCC(NC(=O)NCC(C)SC)C(=O)O. The van der Waals surface area contributed by atoms with Crippen LogP contribution >= 0.6 is 11.8 Å². The van der Waals surface area contributed by atoms with Crippen LogP contribution in [0.4, 0.5) is 4.79 Å². The lowest BCUT2D eigenvalue weighted by Crippen LogP contribution is -2.46. The van der Waals surface area contributed by atoms with Crippen LogP contribution in [0.5, 0.6) is 0 Å². The molecule has 2 amide bonds. The Morgan fingerprint density at radius 2 is 2.19 bits per heavy atom. The summed E-state index contributed by atoms with van der Waals surface area (Å²) < 4.78 is 0. The van der Waals surface area contributed by atoms with Gasteiger partial charge in [-0.15, -0.1) is 6.58 Å². The molecule has 0 bridgehead atoms. The van der Waals surface area contributed by atoms with E-state index < -0.39 is 18.0 Å². The van der Waals surface area contributed by atoms with Gasteiger partial charge < -0.3 is 15.7 Å². The molecule has 0 saturated heterocycles. The van der Waals surface area contributed by atoms with E-state index >= 15 is 0 Å². The summed E-state index contributed by atoms with van der Waals surface area (Å²) in [6, 6.07) is -1.38. The first kappa shape index (κ1) is 14.8. The standard InChI is InChI=1S/C10H18N2O3S/c1-4-5-8(9(13)14)12-10(15)11-6-7(2)16-3/h4,7-8H,1,5-6H2,2-3H3,(H,13,14)(H2,11,12,15). The van der Waals surface area contributed by atoms with Crippen LogP contribution in [0, 0.1) is 0 Å². The maximum atomic E-state index is 11.3. The predicted molar refractivity (Wildman–Crippen MR) is 65.7 cm³/mol. The lowest BCUT2D eigenvalue weighted by molar-refractivity contribution is -0.139. The third-order valence-electron chi connectivity index (χ3n) is 1.96. The lowest BCUT2D eigenvalue weighted by Gasteiger charge is -2.15. The van der Waals surface area contributed by atoms with Gasteiger partial charge in [0.25, 0.3) is 0 Å². The van der Waals surface area contributed by atoms with Crippen LogP contribution in [-0.4, -0.2) is 41.2 Å². The molecule has 0 aromatic heterocycles. The number of aliphatic carboxylic acids is 1. The predicted octanol–water partition coefficient (Wildman–Crippen LogP) is 1.07. The summed E-state index contributed by atoms with van der Waals surface area (Å²) >= 11 is 1.63. The van der Waals surface area contributed by atoms with Crippen molar-refractivity contribution in [1.29, 1.82) is 0 Å². The van der Waals surface area contributed by atoms with Gasteiger partial charge in [-0.3, -0.25) is 0 Å². The first-order chi connectivity index (χ1) is 7.51. The van der Waals surface area contributed by atoms with Crippen molar-refractivity contribution in [2.24, 2.45) is 0 Å². The molecule has 0 heterocycles. The van der Waals surface area contributed by atoms with Gasteiger partial charge in [0.05, 0.1) is 0 Å². The van der Waals surface area contributed by atoms with Crippen LogP contribution in [0.3, 0.4) is 0 Å². The second kappa shape index (κ2) is 8.04. The van der Waals surface area contributed by atoms with Gasteiger partial charge >= 0.3 is 12.0 Å². The zero-order valence-electron chi connectivity index (χ0n) is 9.53. The molecule has 0 fully saturated rings. The smallest absolute Gasteiger partial charge is 0.326 e. The van der Waals surface area contributed by atoms with Crippen LogP contribution < -0.4 is 10.6 Å². The average molecular weight is 246 g/mol. The van der Waals surface area contributed by atoms with Crippen LogP contribution in [0.25, 0.3) is 0 Å². The number of thioether (sulfide) groups is 1. The van der Waals surface area contributed by atoms with E-state index in [9.17, 15) is 9.59 Å². The van der Waals surface area contributed by atoms with Crippen LogP contribution in [0.15, 0.2) is 12.7 Å². The fourth-order valence-electron chi connectivity index (χ4n) is 0.917. The Balaban J connectivity index is 4.00. The quantitative estimate of drug-likeness (QED) is 0.587. The maximum absolute atomic E-state index is 11.3. The number of rotatable bonds is 7. The molecule has 0 rings (SSSR count). The molecule has 5 nitrogen and oxygen atoms in total. The molecule has 3 N–H and O–H groups in total. The van der Waals surface area contributed by atoms with E-state index in [-0.39, 0.29) is 6.42 Å². The molecule has 0 aromatic carbocycles. The Hall–Kier alpha value is -1.17. The number of urea groups is 1. The van der Waals surface area contributed by atoms with E-state index in [4.69, 9.17) is 5.11 Å². The highest BCUT2D eigenvalue weighted by atomic mass is 32.2. The molecule has 0 radical (unpaired) electrons. The average Bonchev–Trinajstić information content (AvgIpc) is 2.25. The Morgan fingerprint density at radius 1 is 1.56 bits per heavy atom. The molecular weight excluding hydrogens is 228 g/mol. The molecule has 2 atom stereocenters. The molecule has 2 unspecified atom stereocenters. The number of amides is 2. The van der Waals surface area contributed by atoms with Crippen molar-refractivity contribution in [2.75, 3.05) is 12.8 Å². The highest BCUT2D eigenvalue weighted by Crippen LogP contribution is 2.02. The number of carbonyl (C=O) groups excluding carboxylic acids is 1. The Bertz CT molecular complexity index is 258. The zero-order valence-corrected chi connectivity index (χ0v) is 10.3. The van der Waals surface area contributed by atoms with Gasteiger partial charge in [-0.05, 0) is 12.7 Å². The minimum absolute atomic E-state index is 0.209. The number of carbonyl (C=O) groups is 2. The largest absolute Gasteiger partial charge is 0.480 e. The highest BCUT2D eigenvalue weighted by molar-refractivity contribution is 7.99. The van der Waals surface area contributed by atoms with E-state index in [1.807, 2.05) is 13.2 Å². The normalized spacial score (nSPS) is 13.6. The van der Waals surface area contributed by atoms with E-state index in [0.29, 0.717) is 11.8 Å². The molecule has 16 heavy (non-hydrogen) atoms.